The Labute approximate surface area is 77.2 Å². The number of nitrogens with two attached hydrogens (primary N) is 1. The fourth-order valence-corrected chi connectivity index (χ4v) is 1.56. The standard InChI is InChI=1S/C10H13N3/c1-3-9-7(2)13-6-8(11)4-5-10(13)12-9/h4-6H,3,11H2,1-2H3. The molecule has 0 atom stereocenters. The van der Waals surface area contributed by atoms with E-state index in [1.807, 2.05) is 22.7 Å². The molecule has 0 aliphatic heterocycles. The van der Waals surface area contributed by atoms with E-state index < -0.39 is 0 Å². The highest BCUT2D eigenvalue weighted by atomic mass is 15.0. The number of rotatable bonds is 1. The lowest BCUT2D eigenvalue weighted by molar-refractivity contribution is 1.02. The van der Waals surface area contributed by atoms with Crippen molar-refractivity contribution in [2.24, 2.45) is 0 Å². The Morgan fingerprint density at radius 3 is 2.92 bits per heavy atom. The van der Waals surface area contributed by atoms with Crippen LogP contribution in [-0.2, 0) is 6.42 Å². The first-order valence-corrected chi connectivity index (χ1v) is 4.45. The molecule has 0 bridgehead atoms. The second-order valence-corrected chi connectivity index (χ2v) is 3.19. The Bertz CT molecular complexity index is 443. The van der Waals surface area contributed by atoms with Gasteiger partial charge in [-0.15, -0.1) is 0 Å². The van der Waals surface area contributed by atoms with E-state index in [1.165, 1.54) is 5.69 Å². The molecule has 0 radical (unpaired) electrons. The number of nitrogen functional groups attached to an aromatic ring is 1. The van der Waals surface area contributed by atoms with Crippen molar-refractivity contribution in [3.8, 4) is 0 Å². The van der Waals surface area contributed by atoms with Crippen LogP contribution in [-0.4, -0.2) is 9.38 Å². The van der Waals surface area contributed by atoms with E-state index in [0.29, 0.717) is 0 Å². The average molecular weight is 175 g/mol. The molecule has 0 unspecified atom stereocenters. The zero-order valence-corrected chi connectivity index (χ0v) is 7.91. The maximum absolute atomic E-state index is 5.69. The van der Waals surface area contributed by atoms with Crippen LogP contribution in [0.15, 0.2) is 18.3 Å². The van der Waals surface area contributed by atoms with Gasteiger partial charge >= 0.3 is 0 Å². The lowest BCUT2D eigenvalue weighted by Gasteiger charge is -1.97. The Morgan fingerprint density at radius 1 is 1.46 bits per heavy atom. The second-order valence-electron chi connectivity index (χ2n) is 3.19. The molecule has 2 rings (SSSR count). The van der Waals surface area contributed by atoms with Gasteiger partial charge in [0, 0.05) is 17.6 Å². The average Bonchev–Trinajstić information content (AvgIpc) is 2.44. The maximum Gasteiger partial charge on any atom is 0.137 e. The summed E-state index contributed by atoms with van der Waals surface area (Å²) >= 11 is 0. The second kappa shape index (κ2) is 2.76. The molecule has 3 heteroatoms. The quantitative estimate of drug-likeness (QED) is 0.718. The molecule has 3 nitrogen and oxygen atoms in total. The Morgan fingerprint density at radius 2 is 2.23 bits per heavy atom. The summed E-state index contributed by atoms with van der Waals surface area (Å²) in [4.78, 5) is 4.48. The van der Waals surface area contributed by atoms with Crippen LogP contribution < -0.4 is 5.73 Å². The summed E-state index contributed by atoms with van der Waals surface area (Å²) in [6, 6.07) is 3.82. The van der Waals surface area contributed by atoms with Crippen molar-refractivity contribution in [2.45, 2.75) is 20.3 Å². The number of hydrogen-bond acceptors (Lipinski definition) is 2. The van der Waals surface area contributed by atoms with Gasteiger partial charge in [0.1, 0.15) is 5.65 Å². The number of anilines is 1. The molecule has 0 amide bonds. The van der Waals surface area contributed by atoms with Crippen LogP contribution >= 0.6 is 0 Å². The van der Waals surface area contributed by atoms with Gasteiger partial charge in [-0.05, 0) is 25.5 Å². The summed E-state index contributed by atoms with van der Waals surface area (Å²) in [5, 5.41) is 0. The minimum Gasteiger partial charge on any atom is -0.398 e. The zero-order chi connectivity index (χ0) is 9.42. The predicted octanol–water partition coefficient (Wildman–Crippen LogP) is 1.79. The number of aromatic nitrogens is 2. The van der Waals surface area contributed by atoms with Crippen molar-refractivity contribution >= 4 is 11.3 Å². The molecule has 0 aliphatic rings. The van der Waals surface area contributed by atoms with Crippen LogP contribution in [0.1, 0.15) is 18.3 Å². The van der Waals surface area contributed by atoms with Crippen LogP contribution in [0.4, 0.5) is 5.69 Å². The van der Waals surface area contributed by atoms with Crippen LogP contribution in [0.5, 0.6) is 0 Å². The third kappa shape index (κ3) is 1.16. The first-order valence-electron chi connectivity index (χ1n) is 4.45. The number of fused-ring (bicyclic) bond motifs is 1. The van der Waals surface area contributed by atoms with Gasteiger partial charge < -0.3 is 10.1 Å². The van der Waals surface area contributed by atoms with Gasteiger partial charge in [-0.1, -0.05) is 6.92 Å². The van der Waals surface area contributed by atoms with Crippen molar-refractivity contribution < 1.29 is 0 Å². The van der Waals surface area contributed by atoms with E-state index in [4.69, 9.17) is 5.73 Å². The summed E-state index contributed by atoms with van der Waals surface area (Å²) in [6.07, 6.45) is 2.88. The predicted molar refractivity (Wildman–Crippen MR) is 53.7 cm³/mol. The monoisotopic (exact) mass is 175 g/mol. The minimum atomic E-state index is 0.774. The molecule has 0 aromatic carbocycles. The van der Waals surface area contributed by atoms with Crippen LogP contribution in [0.25, 0.3) is 5.65 Å². The van der Waals surface area contributed by atoms with Crippen LogP contribution in [0.3, 0.4) is 0 Å². The molecule has 2 aromatic rings. The number of hydrogen-bond donors (Lipinski definition) is 1. The lowest BCUT2D eigenvalue weighted by atomic mass is 10.3. The van der Waals surface area contributed by atoms with Crippen molar-refractivity contribution in [3.63, 3.8) is 0 Å². The van der Waals surface area contributed by atoms with Crippen molar-refractivity contribution in [1.82, 2.24) is 9.38 Å². The summed E-state index contributed by atoms with van der Waals surface area (Å²) < 4.78 is 2.04. The maximum atomic E-state index is 5.69. The summed E-state index contributed by atoms with van der Waals surface area (Å²) in [6.45, 7) is 4.18. The van der Waals surface area contributed by atoms with E-state index in [1.54, 1.807) is 0 Å². The number of aryl methyl sites for hydroxylation is 2. The molecule has 0 spiro atoms. The zero-order valence-electron chi connectivity index (χ0n) is 7.91. The van der Waals surface area contributed by atoms with Crippen molar-refractivity contribution in [2.75, 3.05) is 5.73 Å². The van der Waals surface area contributed by atoms with Gasteiger partial charge in [0.05, 0.1) is 5.69 Å². The number of pyridine rings is 1. The Hall–Kier alpha value is -1.51. The molecule has 13 heavy (non-hydrogen) atoms. The molecule has 2 aromatic heterocycles. The first kappa shape index (κ1) is 8.10. The SMILES string of the molecule is CCc1nc2ccc(N)cn2c1C. The molecular formula is C10H13N3. The number of imidazole rings is 1. The summed E-state index contributed by atoms with van der Waals surface area (Å²) in [7, 11) is 0. The Kier molecular flexibility index (Phi) is 1.72. The molecule has 0 fully saturated rings. The summed E-state index contributed by atoms with van der Waals surface area (Å²) in [5.41, 5.74) is 9.77. The van der Waals surface area contributed by atoms with E-state index in [2.05, 4.69) is 18.8 Å². The van der Waals surface area contributed by atoms with Gasteiger partial charge in [0.2, 0.25) is 0 Å². The normalized spacial score (nSPS) is 10.9. The van der Waals surface area contributed by atoms with E-state index in [0.717, 1.165) is 23.4 Å². The van der Waals surface area contributed by atoms with Gasteiger partial charge in [-0.2, -0.15) is 0 Å². The van der Waals surface area contributed by atoms with Gasteiger partial charge in [0.25, 0.3) is 0 Å². The van der Waals surface area contributed by atoms with E-state index in [-0.39, 0.29) is 0 Å². The van der Waals surface area contributed by atoms with Gasteiger partial charge in [-0.3, -0.25) is 0 Å². The smallest absolute Gasteiger partial charge is 0.137 e. The highest BCUT2D eigenvalue weighted by molar-refractivity contribution is 5.50. The molecular weight excluding hydrogens is 162 g/mol. The third-order valence-corrected chi connectivity index (χ3v) is 2.31. The van der Waals surface area contributed by atoms with E-state index >= 15 is 0 Å². The molecule has 0 aliphatic carbocycles. The Balaban J connectivity index is 2.77. The van der Waals surface area contributed by atoms with Crippen LogP contribution in [0, 0.1) is 6.92 Å². The van der Waals surface area contributed by atoms with Crippen molar-refractivity contribution in [1.29, 1.82) is 0 Å². The fraction of sp³-hybridized carbons (Fsp3) is 0.300. The topological polar surface area (TPSA) is 43.3 Å². The number of nitrogens with zero attached hydrogens (tertiary/aromatic N) is 2. The largest absolute Gasteiger partial charge is 0.398 e. The fourth-order valence-electron chi connectivity index (χ4n) is 1.56. The molecule has 68 valence electrons. The molecule has 2 N–H and O–H groups in total. The van der Waals surface area contributed by atoms with Gasteiger partial charge in [0.15, 0.2) is 0 Å². The highest BCUT2D eigenvalue weighted by Crippen LogP contribution is 2.14. The molecule has 2 heterocycles. The first-order chi connectivity index (χ1) is 6.22. The van der Waals surface area contributed by atoms with Gasteiger partial charge in [-0.25, -0.2) is 4.98 Å². The molecule has 0 saturated carbocycles. The van der Waals surface area contributed by atoms with Crippen molar-refractivity contribution in [3.05, 3.63) is 29.7 Å². The lowest BCUT2D eigenvalue weighted by Crippen LogP contribution is -1.92. The summed E-state index contributed by atoms with van der Waals surface area (Å²) in [5.74, 6) is 0. The van der Waals surface area contributed by atoms with Crippen LogP contribution in [0.2, 0.25) is 0 Å². The highest BCUT2D eigenvalue weighted by Gasteiger charge is 2.05. The molecule has 0 saturated heterocycles. The minimum absolute atomic E-state index is 0.774. The third-order valence-electron chi connectivity index (χ3n) is 2.31. The van der Waals surface area contributed by atoms with E-state index in [9.17, 15) is 0 Å².